The number of primary amides is 1. The molecule has 15 heavy (non-hydrogen) atoms. The van der Waals surface area contributed by atoms with E-state index in [2.05, 4.69) is 0 Å². The zero-order chi connectivity index (χ0) is 11.6. The highest BCUT2D eigenvalue weighted by Gasteiger charge is 2.39. The number of anilines is 1. The van der Waals surface area contributed by atoms with Crippen LogP contribution < -0.4 is 11.1 Å². The third-order valence-electron chi connectivity index (χ3n) is 1.42. The molecule has 0 bridgehead atoms. The maximum Gasteiger partial charge on any atom is 0.471 e. The van der Waals surface area contributed by atoms with Crippen LogP contribution in [0.15, 0.2) is 11.4 Å². The molecule has 0 saturated carbocycles. The lowest BCUT2D eigenvalue weighted by molar-refractivity contribution is -0.167. The van der Waals surface area contributed by atoms with Gasteiger partial charge in [-0.05, 0) is 11.4 Å². The van der Waals surface area contributed by atoms with Crippen molar-refractivity contribution in [1.29, 1.82) is 0 Å². The third-order valence-corrected chi connectivity index (χ3v) is 2.25. The zero-order valence-electron chi connectivity index (χ0n) is 7.09. The summed E-state index contributed by atoms with van der Waals surface area (Å²) in [5.74, 6) is -3.03. The first-order valence-electron chi connectivity index (χ1n) is 3.58. The summed E-state index contributed by atoms with van der Waals surface area (Å²) in [5.41, 5.74) is 4.74. The van der Waals surface area contributed by atoms with Crippen molar-refractivity contribution in [3.63, 3.8) is 0 Å². The summed E-state index contributed by atoms with van der Waals surface area (Å²) in [6, 6.07) is 1.24. The quantitative estimate of drug-likeness (QED) is 0.816. The zero-order valence-corrected chi connectivity index (χ0v) is 7.91. The third kappa shape index (κ3) is 2.69. The van der Waals surface area contributed by atoms with Crippen LogP contribution in [0.4, 0.5) is 18.2 Å². The van der Waals surface area contributed by atoms with Crippen LogP contribution in [0.1, 0.15) is 10.4 Å². The summed E-state index contributed by atoms with van der Waals surface area (Å²) in [7, 11) is 0. The maximum absolute atomic E-state index is 11.9. The van der Waals surface area contributed by atoms with Gasteiger partial charge in [-0.3, -0.25) is 9.59 Å². The molecule has 0 aromatic carbocycles. The smallest absolute Gasteiger partial charge is 0.366 e. The van der Waals surface area contributed by atoms with Gasteiger partial charge >= 0.3 is 12.1 Å². The van der Waals surface area contributed by atoms with Gasteiger partial charge in [0.2, 0.25) is 0 Å². The fourth-order valence-electron chi connectivity index (χ4n) is 0.774. The topological polar surface area (TPSA) is 72.2 Å². The largest absolute Gasteiger partial charge is 0.471 e. The van der Waals surface area contributed by atoms with Crippen LogP contribution in [0.3, 0.4) is 0 Å². The molecule has 1 aromatic rings. The monoisotopic (exact) mass is 238 g/mol. The summed E-state index contributed by atoms with van der Waals surface area (Å²) in [6.07, 6.45) is -4.99. The van der Waals surface area contributed by atoms with E-state index in [1.54, 1.807) is 5.32 Å². The van der Waals surface area contributed by atoms with Crippen LogP contribution in [0.25, 0.3) is 0 Å². The summed E-state index contributed by atoms with van der Waals surface area (Å²) >= 11 is 0.790. The molecule has 8 heteroatoms. The van der Waals surface area contributed by atoms with Gasteiger partial charge in [-0.2, -0.15) is 13.2 Å². The Labute approximate surface area is 85.9 Å². The molecule has 1 heterocycles. The van der Waals surface area contributed by atoms with Crippen molar-refractivity contribution < 1.29 is 22.8 Å². The normalized spacial score (nSPS) is 11.1. The molecule has 0 atom stereocenters. The van der Waals surface area contributed by atoms with E-state index in [0.717, 1.165) is 11.3 Å². The van der Waals surface area contributed by atoms with Gasteiger partial charge in [-0.25, -0.2) is 0 Å². The Hall–Kier alpha value is -1.57. The molecule has 0 unspecified atom stereocenters. The van der Waals surface area contributed by atoms with Crippen LogP contribution in [0.5, 0.6) is 0 Å². The van der Waals surface area contributed by atoms with Gasteiger partial charge < -0.3 is 11.1 Å². The number of hydrogen-bond donors (Lipinski definition) is 2. The van der Waals surface area contributed by atoms with E-state index < -0.39 is 18.0 Å². The van der Waals surface area contributed by atoms with Crippen molar-refractivity contribution in [2.45, 2.75) is 6.18 Å². The molecule has 1 aromatic heterocycles. The van der Waals surface area contributed by atoms with E-state index in [-0.39, 0.29) is 10.6 Å². The number of hydrogen-bond acceptors (Lipinski definition) is 3. The molecule has 0 aliphatic carbocycles. The lowest BCUT2D eigenvalue weighted by atomic mass is 10.3. The molecule has 82 valence electrons. The molecule has 0 radical (unpaired) electrons. The summed E-state index contributed by atoms with van der Waals surface area (Å²) in [5, 5.41) is 2.71. The van der Waals surface area contributed by atoms with Gasteiger partial charge in [0.15, 0.2) is 0 Å². The first kappa shape index (κ1) is 11.5. The summed E-state index contributed by atoms with van der Waals surface area (Å²) < 4.78 is 35.6. The maximum atomic E-state index is 11.9. The number of nitrogens with one attached hydrogen (secondary N) is 1. The minimum atomic E-state index is -4.99. The molecule has 0 aliphatic rings. The Kier molecular flexibility index (Phi) is 2.98. The van der Waals surface area contributed by atoms with E-state index in [1.807, 2.05) is 0 Å². The summed E-state index contributed by atoms with van der Waals surface area (Å²) in [4.78, 5) is 21.2. The van der Waals surface area contributed by atoms with Crippen molar-refractivity contribution in [3.8, 4) is 0 Å². The second-order valence-corrected chi connectivity index (χ2v) is 3.40. The molecule has 3 N–H and O–H groups in total. The van der Waals surface area contributed by atoms with Gasteiger partial charge in [0.1, 0.15) is 5.00 Å². The highest BCUT2D eigenvalue weighted by molar-refractivity contribution is 7.14. The van der Waals surface area contributed by atoms with Crippen LogP contribution >= 0.6 is 11.3 Å². The average molecular weight is 238 g/mol. The number of rotatable bonds is 2. The molecule has 4 nitrogen and oxygen atoms in total. The van der Waals surface area contributed by atoms with E-state index in [4.69, 9.17) is 5.73 Å². The number of thiophene rings is 1. The predicted octanol–water partition coefficient (Wildman–Crippen LogP) is 1.35. The lowest BCUT2D eigenvalue weighted by Crippen LogP contribution is -2.30. The van der Waals surface area contributed by atoms with Gasteiger partial charge in [-0.1, -0.05) is 0 Å². The number of amides is 2. The molecular weight excluding hydrogens is 233 g/mol. The van der Waals surface area contributed by atoms with Crippen LogP contribution in [0.2, 0.25) is 0 Å². The van der Waals surface area contributed by atoms with Crippen molar-refractivity contribution in [3.05, 3.63) is 17.0 Å². The second-order valence-electron chi connectivity index (χ2n) is 2.48. The number of alkyl halides is 3. The molecular formula is C7H5F3N2O2S. The Morgan fingerprint density at radius 1 is 1.40 bits per heavy atom. The number of carbonyl (C=O) groups is 2. The number of carbonyl (C=O) groups excluding carboxylic acids is 2. The predicted molar refractivity (Wildman–Crippen MR) is 47.5 cm³/mol. The van der Waals surface area contributed by atoms with E-state index in [1.165, 1.54) is 11.4 Å². The molecule has 0 fully saturated rings. The Morgan fingerprint density at radius 2 is 2.00 bits per heavy atom. The van der Waals surface area contributed by atoms with Gasteiger partial charge in [0.25, 0.3) is 5.91 Å². The van der Waals surface area contributed by atoms with Crippen LogP contribution in [-0.2, 0) is 4.79 Å². The molecule has 0 saturated heterocycles. The highest BCUT2D eigenvalue weighted by Crippen LogP contribution is 2.25. The van der Waals surface area contributed by atoms with Crippen molar-refractivity contribution >= 4 is 28.2 Å². The van der Waals surface area contributed by atoms with Crippen LogP contribution in [0, 0.1) is 0 Å². The van der Waals surface area contributed by atoms with Gasteiger partial charge in [0, 0.05) is 0 Å². The average Bonchev–Trinajstić information content (AvgIpc) is 2.50. The number of nitrogens with two attached hydrogens (primary N) is 1. The van der Waals surface area contributed by atoms with Gasteiger partial charge in [-0.15, -0.1) is 11.3 Å². The first-order chi connectivity index (χ1) is 6.82. The van der Waals surface area contributed by atoms with E-state index in [0.29, 0.717) is 0 Å². The molecule has 2 amide bonds. The number of halogens is 3. The molecule has 0 spiro atoms. The van der Waals surface area contributed by atoms with Gasteiger partial charge in [0.05, 0.1) is 5.56 Å². The van der Waals surface area contributed by atoms with E-state index in [9.17, 15) is 22.8 Å². The minimum Gasteiger partial charge on any atom is -0.366 e. The highest BCUT2D eigenvalue weighted by atomic mass is 32.1. The van der Waals surface area contributed by atoms with Crippen molar-refractivity contribution in [2.24, 2.45) is 5.73 Å². The minimum absolute atomic E-state index is 0.141. The molecule has 0 aliphatic heterocycles. The van der Waals surface area contributed by atoms with Crippen molar-refractivity contribution in [2.75, 3.05) is 5.32 Å². The Balaban J connectivity index is 2.86. The van der Waals surface area contributed by atoms with E-state index >= 15 is 0 Å². The molecule has 1 rings (SSSR count). The van der Waals surface area contributed by atoms with Crippen molar-refractivity contribution in [1.82, 2.24) is 0 Å². The van der Waals surface area contributed by atoms with Crippen LogP contribution in [-0.4, -0.2) is 18.0 Å². The fraction of sp³-hybridized carbons (Fsp3) is 0.143. The Bertz CT molecular complexity index is 399. The standard InChI is InChI=1S/C7H5F3N2O2S/c8-7(9,10)6(14)12-5-3(4(11)13)1-2-15-5/h1-2H,(H2,11,13)(H,12,14). The fourth-order valence-corrected chi connectivity index (χ4v) is 1.56. The summed E-state index contributed by atoms with van der Waals surface area (Å²) in [6.45, 7) is 0. The SMILES string of the molecule is NC(=O)c1ccsc1NC(=O)C(F)(F)F. The lowest BCUT2D eigenvalue weighted by Gasteiger charge is -2.06. The Morgan fingerprint density at radius 3 is 2.47 bits per heavy atom. The first-order valence-corrected chi connectivity index (χ1v) is 4.46. The second kappa shape index (κ2) is 3.89.